The van der Waals surface area contributed by atoms with Gasteiger partial charge in [0.15, 0.2) is 0 Å². The molecule has 0 saturated heterocycles. The molecule has 0 radical (unpaired) electrons. The minimum atomic E-state index is -0.798. The quantitative estimate of drug-likeness (QED) is 0.794. The van der Waals surface area contributed by atoms with Crippen LogP contribution in [0.1, 0.15) is 12.5 Å². The number of carbonyl (C=O) groups is 1. The number of hydrogen-bond acceptors (Lipinski definition) is 2. The summed E-state index contributed by atoms with van der Waals surface area (Å²) in [6.07, 6.45) is 0. The average Bonchev–Trinajstić information content (AvgIpc) is 2.14. The predicted molar refractivity (Wildman–Crippen MR) is 56.7 cm³/mol. The van der Waals surface area contributed by atoms with E-state index in [4.69, 9.17) is 5.11 Å². The molecule has 3 heteroatoms. The van der Waals surface area contributed by atoms with Crippen LogP contribution in [0.15, 0.2) is 24.3 Å². The molecule has 0 aromatic heterocycles. The first-order valence-corrected chi connectivity index (χ1v) is 4.67. The highest BCUT2D eigenvalue weighted by molar-refractivity contribution is 5.73. The van der Waals surface area contributed by atoms with Gasteiger partial charge in [-0.05, 0) is 31.5 Å². The predicted octanol–water partition coefficient (Wildman–Crippen LogP) is 1.91. The molecule has 0 spiro atoms. The zero-order chi connectivity index (χ0) is 10.6. The van der Waals surface area contributed by atoms with Gasteiger partial charge in [0, 0.05) is 12.2 Å². The normalized spacial score (nSPS) is 9.86. The Morgan fingerprint density at radius 2 is 2.21 bits per heavy atom. The second-order valence-electron chi connectivity index (χ2n) is 3.25. The fourth-order valence-electron chi connectivity index (χ4n) is 1.37. The van der Waals surface area contributed by atoms with Crippen molar-refractivity contribution in [2.75, 3.05) is 18.0 Å². The minimum Gasteiger partial charge on any atom is -0.480 e. The van der Waals surface area contributed by atoms with E-state index in [1.807, 2.05) is 43.0 Å². The van der Waals surface area contributed by atoms with Gasteiger partial charge in [-0.3, -0.25) is 4.79 Å². The maximum Gasteiger partial charge on any atom is 0.323 e. The molecule has 1 N–H and O–H groups in total. The summed E-state index contributed by atoms with van der Waals surface area (Å²) in [7, 11) is 0. The summed E-state index contributed by atoms with van der Waals surface area (Å²) in [5, 5.41) is 8.70. The van der Waals surface area contributed by atoms with Gasteiger partial charge in [-0.2, -0.15) is 0 Å². The van der Waals surface area contributed by atoms with Crippen LogP contribution in [0.4, 0.5) is 5.69 Å². The first-order valence-electron chi connectivity index (χ1n) is 4.67. The molecule has 0 bridgehead atoms. The van der Waals surface area contributed by atoms with Crippen LogP contribution in [0.2, 0.25) is 0 Å². The van der Waals surface area contributed by atoms with Crippen molar-refractivity contribution in [3.05, 3.63) is 29.8 Å². The van der Waals surface area contributed by atoms with Crippen LogP contribution < -0.4 is 4.90 Å². The van der Waals surface area contributed by atoms with E-state index in [2.05, 4.69) is 0 Å². The first-order chi connectivity index (χ1) is 6.63. The molecule has 76 valence electrons. The Hall–Kier alpha value is -1.51. The largest absolute Gasteiger partial charge is 0.480 e. The van der Waals surface area contributed by atoms with E-state index in [9.17, 15) is 4.79 Å². The van der Waals surface area contributed by atoms with Crippen molar-refractivity contribution >= 4 is 11.7 Å². The third kappa shape index (κ3) is 2.76. The van der Waals surface area contributed by atoms with E-state index in [-0.39, 0.29) is 6.54 Å². The van der Waals surface area contributed by atoms with E-state index < -0.39 is 5.97 Å². The van der Waals surface area contributed by atoms with E-state index in [1.165, 1.54) is 0 Å². The summed E-state index contributed by atoms with van der Waals surface area (Å²) >= 11 is 0. The summed E-state index contributed by atoms with van der Waals surface area (Å²) in [6.45, 7) is 4.71. The van der Waals surface area contributed by atoms with Gasteiger partial charge >= 0.3 is 5.97 Å². The fourth-order valence-corrected chi connectivity index (χ4v) is 1.37. The molecule has 1 aromatic carbocycles. The number of aliphatic carboxylic acids is 1. The van der Waals surface area contributed by atoms with E-state index in [0.29, 0.717) is 6.54 Å². The molecule has 0 aliphatic rings. The molecule has 0 amide bonds. The zero-order valence-corrected chi connectivity index (χ0v) is 8.53. The van der Waals surface area contributed by atoms with Crippen LogP contribution >= 0.6 is 0 Å². The molecule has 1 aromatic rings. The van der Waals surface area contributed by atoms with Crippen molar-refractivity contribution < 1.29 is 9.90 Å². The topological polar surface area (TPSA) is 40.5 Å². The van der Waals surface area contributed by atoms with Gasteiger partial charge in [0.1, 0.15) is 6.54 Å². The maximum atomic E-state index is 10.6. The van der Waals surface area contributed by atoms with Crippen LogP contribution in [0.25, 0.3) is 0 Å². The highest BCUT2D eigenvalue weighted by Gasteiger charge is 2.07. The van der Waals surface area contributed by atoms with Crippen LogP contribution in [0.5, 0.6) is 0 Å². The molecular weight excluding hydrogens is 178 g/mol. The SMILES string of the molecule is CCN(CC(=O)O)c1cccc(C)c1. The number of hydrogen-bond donors (Lipinski definition) is 1. The Kier molecular flexibility index (Phi) is 3.51. The first kappa shape index (κ1) is 10.6. The van der Waals surface area contributed by atoms with Crippen LogP contribution in [0, 0.1) is 6.92 Å². The summed E-state index contributed by atoms with van der Waals surface area (Å²) in [6, 6.07) is 7.86. The van der Waals surface area contributed by atoms with Gasteiger partial charge in [-0.25, -0.2) is 0 Å². The molecule has 0 atom stereocenters. The molecule has 14 heavy (non-hydrogen) atoms. The van der Waals surface area contributed by atoms with Crippen LogP contribution in [-0.2, 0) is 4.79 Å². The third-order valence-electron chi connectivity index (χ3n) is 2.07. The van der Waals surface area contributed by atoms with Crippen LogP contribution in [-0.4, -0.2) is 24.2 Å². The van der Waals surface area contributed by atoms with E-state index in [1.54, 1.807) is 0 Å². The number of nitrogens with zero attached hydrogens (tertiary/aromatic N) is 1. The molecule has 3 nitrogen and oxygen atoms in total. The fraction of sp³-hybridized carbons (Fsp3) is 0.364. The molecule has 1 rings (SSSR count). The highest BCUT2D eigenvalue weighted by atomic mass is 16.4. The van der Waals surface area contributed by atoms with Gasteiger partial charge in [0.05, 0.1) is 0 Å². The van der Waals surface area contributed by atoms with E-state index in [0.717, 1.165) is 11.3 Å². The molecule has 0 heterocycles. The van der Waals surface area contributed by atoms with Crippen molar-refractivity contribution in [3.8, 4) is 0 Å². The van der Waals surface area contributed by atoms with Crippen molar-refractivity contribution in [2.45, 2.75) is 13.8 Å². The Morgan fingerprint density at radius 3 is 2.71 bits per heavy atom. The lowest BCUT2D eigenvalue weighted by Crippen LogP contribution is -2.29. The van der Waals surface area contributed by atoms with E-state index >= 15 is 0 Å². The van der Waals surface area contributed by atoms with Crippen molar-refractivity contribution in [1.82, 2.24) is 0 Å². The van der Waals surface area contributed by atoms with Crippen molar-refractivity contribution in [1.29, 1.82) is 0 Å². The standard InChI is InChI=1S/C11H15NO2/c1-3-12(8-11(13)14)10-6-4-5-9(2)7-10/h4-7H,3,8H2,1-2H3,(H,13,14). The Bertz CT molecular complexity index is 323. The summed E-state index contributed by atoms with van der Waals surface area (Å²) in [5.41, 5.74) is 2.11. The number of benzene rings is 1. The lowest BCUT2D eigenvalue weighted by Gasteiger charge is -2.20. The second-order valence-corrected chi connectivity index (χ2v) is 3.25. The average molecular weight is 193 g/mol. The van der Waals surface area contributed by atoms with Gasteiger partial charge in [0.2, 0.25) is 0 Å². The molecule has 0 unspecified atom stereocenters. The number of rotatable bonds is 4. The van der Waals surface area contributed by atoms with Gasteiger partial charge in [-0.15, -0.1) is 0 Å². The summed E-state index contributed by atoms with van der Waals surface area (Å²) < 4.78 is 0. The number of aryl methyl sites for hydroxylation is 1. The Balaban J connectivity index is 2.83. The molecule has 0 fully saturated rings. The minimum absolute atomic E-state index is 0.0555. The molecule has 0 aliphatic carbocycles. The maximum absolute atomic E-state index is 10.6. The number of likely N-dealkylation sites (N-methyl/N-ethyl adjacent to an activating group) is 1. The van der Waals surface area contributed by atoms with Gasteiger partial charge in [-0.1, -0.05) is 12.1 Å². The smallest absolute Gasteiger partial charge is 0.323 e. The number of carboxylic acid groups (broad SMARTS) is 1. The molecule has 0 saturated carbocycles. The number of anilines is 1. The van der Waals surface area contributed by atoms with Crippen LogP contribution in [0.3, 0.4) is 0 Å². The van der Waals surface area contributed by atoms with Crippen molar-refractivity contribution in [2.24, 2.45) is 0 Å². The highest BCUT2D eigenvalue weighted by Crippen LogP contribution is 2.14. The zero-order valence-electron chi connectivity index (χ0n) is 8.53. The van der Waals surface area contributed by atoms with Crippen molar-refractivity contribution in [3.63, 3.8) is 0 Å². The lowest BCUT2D eigenvalue weighted by molar-refractivity contribution is -0.135. The Labute approximate surface area is 84.0 Å². The summed E-state index contributed by atoms with van der Waals surface area (Å²) in [4.78, 5) is 12.4. The number of carboxylic acids is 1. The monoisotopic (exact) mass is 193 g/mol. The Morgan fingerprint density at radius 1 is 1.50 bits per heavy atom. The molecule has 0 aliphatic heterocycles. The summed E-state index contributed by atoms with van der Waals surface area (Å²) in [5.74, 6) is -0.798. The van der Waals surface area contributed by atoms with Gasteiger partial charge in [0.25, 0.3) is 0 Å². The second kappa shape index (κ2) is 4.65. The lowest BCUT2D eigenvalue weighted by atomic mass is 10.2. The van der Waals surface area contributed by atoms with Gasteiger partial charge < -0.3 is 10.0 Å². The molecular formula is C11H15NO2. The third-order valence-corrected chi connectivity index (χ3v) is 2.07.